The van der Waals surface area contributed by atoms with Crippen LogP contribution in [0, 0.1) is 6.92 Å². The molecule has 94 valence electrons. The Bertz CT molecular complexity index is 543. The molecule has 3 heteroatoms. The minimum absolute atomic E-state index is 0.0407. The topological polar surface area (TPSA) is 26.3 Å². The van der Waals surface area contributed by atoms with Gasteiger partial charge in [-0.25, -0.2) is 0 Å². The fourth-order valence-corrected chi connectivity index (χ4v) is 2.53. The van der Waals surface area contributed by atoms with Gasteiger partial charge in [-0.1, -0.05) is 25.1 Å². The Morgan fingerprint density at radius 3 is 2.67 bits per heavy atom. The van der Waals surface area contributed by atoms with E-state index in [0.717, 1.165) is 27.5 Å². The molecule has 0 aliphatic rings. The van der Waals surface area contributed by atoms with Crippen LogP contribution in [0.3, 0.4) is 0 Å². The number of aryl methyl sites for hydroxylation is 2. The van der Waals surface area contributed by atoms with Crippen LogP contribution >= 0.6 is 11.3 Å². The number of hydrogen-bond acceptors (Lipinski definition) is 3. The molecule has 2 aromatic rings. The van der Waals surface area contributed by atoms with Gasteiger partial charge in [0.15, 0.2) is 6.61 Å². The average molecular weight is 260 g/mol. The van der Waals surface area contributed by atoms with Crippen molar-refractivity contribution in [2.45, 2.75) is 20.3 Å². The first-order valence-corrected chi connectivity index (χ1v) is 6.82. The summed E-state index contributed by atoms with van der Waals surface area (Å²) in [6.45, 7) is 4.18. The molecule has 2 nitrogen and oxygen atoms in total. The largest absolute Gasteiger partial charge is 0.485 e. The van der Waals surface area contributed by atoms with Gasteiger partial charge in [0, 0.05) is 4.88 Å². The number of Topliss-reactive ketones (excluding diaryl/α,β-unsaturated/α-hetero) is 1. The molecular weight excluding hydrogens is 244 g/mol. The van der Waals surface area contributed by atoms with Crippen LogP contribution in [0.1, 0.15) is 27.0 Å². The van der Waals surface area contributed by atoms with E-state index in [4.69, 9.17) is 4.74 Å². The van der Waals surface area contributed by atoms with Crippen LogP contribution in [0.25, 0.3) is 0 Å². The van der Waals surface area contributed by atoms with Crippen molar-refractivity contribution in [3.8, 4) is 5.75 Å². The van der Waals surface area contributed by atoms with Crippen LogP contribution in [-0.4, -0.2) is 12.4 Å². The molecule has 1 heterocycles. The Balaban J connectivity index is 2.01. The summed E-state index contributed by atoms with van der Waals surface area (Å²) in [6, 6.07) is 11.7. The summed E-state index contributed by atoms with van der Waals surface area (Å²) < 4.78 is 5.61. The number of thiophene rings is 1. The lowest BCUT2D eigenvalue weighted by molar-refractivity contribution is 0.0925. The minimum Gasteiger partial charge on any atom is -0.485 e. The Hall–Kier alpha value is -1.61. The molecule has 0 fully saturated rings. The van der Waals surface area contributed by atoms with Crippen LogP contribution in [0.4, 0.5) is 0 Å². The molecule has 2 rings (SSSR count). The van der Waals surface area contributed by atoms with E-state index in [1.54, 1.807) is 0 Å². The predicted octanol–water partition coefficient (Wildman–Crippen LogP) is 3.88. The molecule has 0 saturated heterocycles. The Labute approximate surface area is 111 Å². The number of carbonyl (C=O) groups excluding carboxylic acids is 1. The summed E-state index contributed by atoms with van der Waals surface area (Å²) in [6.07, 6.45) is 0.905. The predicted molar refractivity (Wildman–Crippen MR) is 74.7 cm³/mol. The fraction of sp³-hybridized carbons (Fsp3) is 0.267. The lowest BCUT2D eigenvalue weighted by Gasteiger charge is -2.08. The van der Waals surface area contributed by atoms with Crippen LogP contribution in [0.2, 0.25) is 0 Å². The number of ether oxygens (including phenoxy) is 1. The maximum absolute atomic E-state index is 11.9. The number of ketones is 1. The monoisotopic (exact) mass is 260 g/mol. The number of rotatable bonds is 5. The summed E-state index contributed by atoms with van der Waals surface area (Å²) in [4.78, 5) is 13.8. The van der Waals surface area contributed by atoms with E-state index >= 15 is 0 Å². The van der Waals surface area contributed by atoms with Crippen LogP contribution in [0.5, 0.6) is 5.75 Å². The Morgan fingerprint density at radius 2 is 2.00 bits per heavy atom. The van der Waals surface area contributed by atoms with Crippen molar-refractivity contribution in [2.75, 3.05) is 6.61 Å². The second kappa shape index (κ2) is 5.83. The summed E-state index contributed by atoms with van der Waals surface area (Å²) >= 11 is 1.51. The molecule has 0 radical (unpaired) electrons. The zero-order valence-electron chi connectivity index (χ0n) is 10.6. The molecule has 0 amide bonds. The van der Waals surface area contributed by atoms with Gasteiger partial charge in [-0.2, -0.15) is 0 Å². The third-order valence-corrected chi connectivity index (χ3v) is 3.77. The molecule has 0 aliphatic carbocycles. The molecule has 1 aromatic carbocycles. The highest BCUT2D eigenvalue weighted by Crippen LogP contribution is 2.20. The number of carbonyl (C=O) groups is 1. The maximum Gasteiger partial charge on any atom is 0.210 e. The van der Waals surface area contributed by atoms with Gasteiger partial charge in [0.1, 0.15) is 5.75 Å². The van der Waals surface area contributed by atoms with Crippen molar-refractivity contribution in [3.05, 3.63) is 51.7 Å². The highest BCUT2D eigenvalue weighted by Gasteiger charge is 2.10. The van der Waals surface area contributed by atoms with Crippen LogP contribution in [0.15, 0.2) is 36.4 Å². The normalized spacial score (nSPS) is 10.3. The summed E-state index contributed by atoms with van der Waals surface area (Å²) in [5, 5.41) is 0. The molecule has 0 spiro atoms. The quantitative estimate of drug-likeness (QED) is 0.763. The van der Waals surface area contributed by atoms with Crippen molar-refractivity contribution in [2.24, 2.45) is 0 Å². The van der Waals surface area contributed by atoms with Gasteiger partial charge in [0.2, 0.25) is 5.78 Å². The summed E-state index contributed by atoms with van der Waals surface area (Å²) in [5.74, 6) is 0.848. The van der Waals surface area contributed by atoms with E-state index in [1.807, 2.05) is 43.3 Å². The van der Waals surface area contributed by atoms with Crippen molar-refractivity contribution in [1.82, 2.24) is 0 Å². The zero-order chi connectivity index (χ0) is 13.0. The molecule has 0 atom stereocenters. The third kappa shape index (κ3) is 2.99. The molecule has 0 aliphatic heterocycles. The summed E-state index contributed by atoms with van der Waals surface area (Å²) in [7, 11) is 0. The molecule has 0 unspecified atom stereocenters. The van der Waals surface area contributed by atoms with Crippen molar-refractivity contribution in [1.29, 1.82) is 0 Å². The Morgan fingerprint density at radius 1 is 1.22 bits per heavy atom. The lowest BCUT2D eigenvalue weighted by atomic mass is 10.1. The Kier molecular flexibility index (Phi) is 4.15. The van der Waals surface area contributed by atoms with Crippen LogP contribution < -0.4 is 4.74 Å². The van der Waals surface area contributed by atoms with E-state index in [9.17, 15) is 4.79 Å². The van der Waals surface area contributed by atoms with Gasteiger partial charge in [0.05, 0.1) is 4.88 Å². The van der Waals surface area contributed by atoms with E-state index in [0.29, 0.717) is 0 Å². The SMILES string of the molecule is CCc1ccccc1OCC(=O)c1ccc(C)s1. The van der Waals surface area contributed by atoms with E-state index in [2.05, 4.69) is 6.92 Å². The van der Waals surface area contributed by atoms with Crippen molar-refractivity contribution < 1.29 is 9.53 Å². The molecule has 1 aromatic heterocycles. The first kappa shape index (κ1) is 12.8. The highest BCUT2D eigenvalue weighted by atomic mass is 32.1. The molecule has 0 N–H and O–H groups in total. The smallest absolute Gasteiger partial charge is 0.210 e. The van der Waals surface area contributed by atoms with Gasteiger partial charge >= 0.3 is 0 Å². The third-order valence-electron chi connectivity index (χ3n) is 2.73. The van der Waals surface area contributed by atoms with E-state index in [1.165, 1.54) is 11.3 Å². The second-order valence-corrected chi connectivity index (χ2v) is 5.37. The van der Waals surface area contributed by atoms with Crippen molar-refractivity contribution in [3.63, 3.8) is 0 Å². The molecule has 0 bridgehead atoms. The van der Waals surface area contributed by atoms with Gasteiger partial charge in [-0.05, 0) is 37.1 Å². The minimum atomic E-state index is 0.0407. The van der Waals surface area contributed by atoms with Gasteiger partial charge in [0.25, 0.3) is 0 Å². The van der Waals surface area contributed by atoms with Crippen LogP contribution in [-0.2, 0) is 6.42 Å². The van der Waals surface area contributed by atoms with E-state index < -0.39 is 0 Å². The van der Waals surface area contributed by atoms with Gasteiger partial charge < -0.3 is 4.74 Å². The molecular formula is C15H16O2S. The van der Waals surface area contributed by atoms with E-state index in [-0.39, 0.29) is 12.4 Å². The zero-order valence-corrected chi connectivity index (χ0v) is 11.4. The summed E-state index contributed by atoms with van der Waals surface area (Å²) in [5.41, 5.74) is 1.13. The van der Waals surface area contributed by atoms with Gasteiger partial charge in [-0.3, -0.25) is 4.79 Å². The molecule has 18 heavy (non-hydrogen) atoms. The number of para-hydroxylation sites is 1. The van der Waals surface area contributed by atoms with Gasteiger partial charge in [-0.15, -0.1) is 11.3 Å². The number of hydrogen-bond donors (Lipinski definition) is 0. The fourth-order valence-electron chi connectivity index (χ4n) is 1.74. The first-order chi connectivity index (χ1) is 8.70. The standard InChI is InChI=1S/C15H16O2S/c1-3-12-6-4-5-7-14(12)17-10-13(16)15-9-8-11(2)18-15/h4-9H,3,10H2,1-2H3. The second-order valence-electron chi connectivity index (χ2n) is 4.08. The molecule has 0 saturated carbocycles. The maximum atomic E-state index is 11.9. The lowest BCUT2D eigenvalue weighted by Crippen LogP contribution is -2.10. The highest BCUT2D eigenvalue weighted by molar-refractivity contribution is 7.14. The first-order valence-electron chi connectivity index (χ1n) is 6.01. The average Bonchev–Trinajstić information content (AvgIpc) is 2.83. The number of benzene rings is 1. The van der Waals surface area contributed by atoms with Crippen molar-refractivity contribution >= 4 is 17.1 Å².